The quantitative estimate of drug-likeness (QED) is 0.484. The molecule has 156 valence electrons. The fourth-order valence-electron chi connectivity index (χ4n) is 4.23. The van der Waals surface area contributed by atoms with Gasteiger partial charge < -0.3 is 4.74 Å². The summed E-state index contributed by atoms with van der Waals surface area (Å²) in [6.07, 6.45) is 0. The standard InChI is InChI=1S/C27H30FNO/c1-27(2,3)24-16-23(28)14-15-25(24)30-19-20-17-29(18-20)26(21-10-6-4-7-11-21)22-12-8-5-9-13-22/h4-16,20,26H,17-19H2,1-3H3. The van der Waals surface area contributed by atoms with Crippen molar-refractivity contribution in [3.63, 3.8) is 0 Å². The number of benzene rings is 3. The lowest BCUT2D eigenvalue weighted by atomic mass is 9.86. The van der Waals surface area contributed by atoms with Gasteiger partial charge in [-0.05, 0) is 34.7 Å². The van der Waals surface area contributed by atoms with E-state index in [1.807, 2.05) is 0 Å². The van der Waals surface area contributed by atoms with E-state index in [9.17, 15) is 4.39 Å². The van der Waals surface area contributed by atoms with Gasteiger partial charge in [-0.25, -0.2) is 4.39 Å². The van der Waals surface area contributed by atoms with Crippen LogP contribution in [0.5, 0.6) is 5.75 Å². The third-order valence-electron chi connectivity index (χ3n) is 5.81. The second kappa shape index (κ2) is 8.61. The Kier molecular flexibility index (Phi) is 5.92. The Morgan fingerprint density at radius 1 is 0.900 bits per heavy atom. The van der Waals surface area contributed by atoms with Gasteiger partial charge in [0.15, 0.2) is 0 Å². The van der Waals surface area contributed by atoms with Gasteiger partial charge in [-0.2, -0.15) is 0 Å². The Morgan fingerprint density at radius 3 is 2.00 bits per heavy atom. The highest BCUT2D eigenvalue weighted by Crippen LogP contribution is 2.36. The molecule has 2 nitrogen and oxygen atoms in total. The molecule has 3 aromatic rings. The Labute approximate surface area is 179 Å². The topological polar surface area (TPSA) is 12.5 Å². The van der Waals surface area contributed by atoms with Crippen molar-refractivity contribution >= 4 is 0 Å². The molecular formula is C27H30FNO. The average Bonchev–Trinajstić information content (AvgIpc) is 2.71. The SMILES string of the molecule is CC(C)(C)c1cc(F)ccc1OCC1CN(C(c2ccccc2)c2ccccc2)C1. The van der Waals surface area contributed by atoms with Crippen LogP contribution in [0.15, 0.2) is 78.9 Å². The molecule has 3 heteroatoms. The van der Waals surface area contributed by atoms with Crippen molar-refractivity contribution in [1.82, 2.24) is 4.90 Å². The second-order valence-electron chi connectivity index (χ2n) is 9.25. The smallest absolute Gasteiger partial charge is 0.123 e. The molecule has 0 atom stereocenters. The molecule has 0 aromatic heterocycles. The van der Waals surface area contributed by atoms with E-state index < -0.39 is 0 Å². The third-order valence-corrected chi connectivity index (χ3v) is 5.81. The molecule has 1 saturated heterocycles. The maximum Gasteiger partial charge on any atom is 0.123 e. The minimum Gasteiger partial charge on any atom is -0.493 e. The van der Waals surface area contributed by atoms with E-state index >= 15 is 0 Å². The second-order valence-corrected chi connectivity index (χ2v) is 9.25. The summed E-state index contributed by atoms with van der Waals surface area (Å²) in [6.45, 7) is 8.89. The zero-order valence-electron chi connectivity index (χ0n) is 18.0. The van der Waals surface area contributed by atoms with Crippen LogP contribution in [0.1, 0.15) is 43.5 Å². The summed E-state index contributed by atoms with van der Waals surface area (Å²) in [7, 11) is 0. The summed E-state index contributed by atoms with van der Waals surface area (Å²) >= 11 is 0. The first-order valence-electron chi connectivity index (χ1n) is 10.7. The molecule has 0 aliphatic carbocycles. The Balaban J connectivity index is 1.43. The van der Waals surface area contributed by atoms with Crippen LogP contribution in [-0.4, -0.2) is 24.6 Å². The van der Waals surface area contributed by atoms with Gasteiger partial charge in [0, 0.05) is 24.6 Å². The molecule has 0 N–H and O–H groups in total. The van der Waals surface area contributed by atoms with Crippen molar-refractivity contribution in [2.45, 2.75) is 32.2 Å². The third kappa shape index (κ3) is 4.57. The minimum atomic E-state index is -0.212. The Hall–Kier alpha value is -2.65. The van der Waals surface area contributed by atoms with Crippen molar-refractivity contribution < 1.29 is 9.13 Å². The number of hydrogen-bond donors (Lipinski definition) is 0. The van der Waals surface area contributed by atoms with Crippen LogP contribution in [0.2, 0.25) is 0 Å². The molecule has 0 spiro atoms. The van der Waals surface area contributed by atoms with Gasteiger partial charge in [0.2, 0.25) is 0 Å². The molecule has 0 radical (unpaired) electrons. The van der Waals surface area contributed by atoms with E-state index in [1.54, 1.807) is 12.1 Å². The lowest BCUT2D eigenvalue weighted by Gasteiger charge is -2.44. The largest absolute Gasteiger partial charge is 0.493 e. The first-order valence-corrected chi connectivity index (χ1v) is 10.7. The van der Waals surface area contributed by atoms with E-state index in [4.69, 9.17) is 4.74 Å². The van der Waals surface area contributed by atoms with Crippen LogP contribution in [0, 0.1) is 11.7 Å². The molecule has 30 heavy (non-hydrogen) atoms. The number of nitrogens with zero attached hydrogens (tertiary/aromatic N) is 1. The summed E-state index contributed by atoms with van der Waals surface area (Å²) in [4.78, 5) is 2.51. The summed E-state index contributed by atoms with van der Waals surface area (Å²) in [5, 5.41) is 0. The average molecular weight is 404 g/mol. The first-order chi connectivity index (χ1) is 14.4. The van der Waals surface area contributed by atoms with E-state index in [2.05, 4.69) is 86.3 Å². The maximum atomic E-state index is 13.8. The first kappa shape index (κ1) is 20.6. The van der Waals surface area contributed by atoms with Gasteiger partial charge in [0.25, 0.3) is 0 Å². The normalized spacial score (nSPS) is 15.2. The molecule has 1 fully saturated rings. The highest BCUT2D eigenvalue weighted by atomic mass is 19.1. The number of hydrogen-bond acceptors (Lipinski definition) is 2. The highest BCUT2D eigenvalue weighted by molar-refractivity contribution is 5.39. The van der Waals surface area contributed by atoms with Gasteiger partial charge in [-0.1, -0.05) is 81.4 Å². The van der Waals surface area contributed by atoms with Crippen molar-refractivity contribution in [3.05, 3.63) is 101 Å². The zero-order valence-corrected chi connectivity index (χ0v) is 18.0. The summed E-state index contributed by atoms with van der Waals surface area (Å²) in [5.74, 6) is 1.05. The number of likely N-dealkylation sites (tertiary alicyclic amines) is 1. The monoisotopic (exact) mass is 403 g/mol. The van der Waals surface area contributed by atoms with Gasteiger partial charge in [-0.3, -0.25) is 4.90 Å². The van der Waals surface area contributed by atoms with E-state index in [1.165, 1.54) is 17.2 Å². The van der Waals surface area contributed by atoms with Crippen LogP contribution in [0.4, 0.5) is 4.39 Å². The molecular weight excluding hydrogens is 373 g/mol. The van der Waals surface area contributed by atoms with Crippen LogP contribution < -0.4 is 4.74 Å². The molecule has 0 bridgehead atoms. The van der Waals surface area contributed by atoms with Crippen LogP contribution in [-0.2, 0) is 5.41 Å². The maximum absolute atomic E-state index is 13.8. The minimum absolute atomic E-state index is 0.158. The molecule has 4 rings (SSSR count). The van der Waals surface area contributed by atoms with Gasteiger partial charge in [0.05, 0.1) is 12.6 Å². The summed E-state index contributed by atoms with van der Waals surface area (Å²) in [5.41, 5.74) is 3.40. The Bertz CT molecular complexity index is 920. The number of halogens is 1. The zero-order chi connectivity index (χ0) is 21.1. The van der Waals surface area contributed by atoms with Gasteiger partial charge in [-0.15, -0.1) is 0 Å². The van der Waals surface area contributed by atoms with Crippen molar-refractivity contribution in [2.24, 2.45) is 5.92 Å². The van der Waals surface area contributed by atoms with Crippen LogP contribution in [0.25, 0.3) is 0 Å². The predicted molar refractivity (Wildman–Crippen MR) is 120 cm³/mol. The van der Waals surface area contributed by atoms with E-state index in [0.717, 1.165) is 24.4 Å². The molecule has 0 saturated carbocycles. The highest BCUT2D eigenvalue weighted by Gasteiger charge is 2.34. The van der Waals surface area contributed by atoms with Crippen molar-refractivity contribution in [1.29, 1.82) is 0 Å². The van der Waals surface area contributed by atoms with Crippen molar-refractivity contribution in [3.8, 4) is 5.75 Å². The number of rotatable bonds is 6. The molecule has 1 heterocycles. The molecule has 0 amide bonds. The fourth-order valence-corrected chi connectivity index (χ4v) is 4.23. The lowest BCUT2D eigenvalue weighted by Crippen LogP contribution is -2.51. The molecule has 3 aromatic carbocycles. The summed E-state index contributed by atoms with van der Waals surface area (Å²) < 4.78 is 19.9. The van der Waals surface area contributed by atoms with Crippen molar-refractivity contribution in [2.75, 3.05) is 19.7 Å². The lowest BCUT2D eigenvalue weighted by molar-refractivity contribution is 0.0374. The van der Waals surface area contributed by atoms with Gasteiger partial charge >= 0.3 is 0 Å². The van der Waals surface area contributed by atoms with Gasteiger partial charge in [0.1, 0.15) is 11.6 Å². The molecule has 0 unspecified atom stereocenters. The fraction of sp³-hybridized carbons (Fsp3) is 0.333. The van der Waals surface area contributed by atoms with Crippen LogP contribution >= 0.6 is 0 Å². The molecule has 1 aliphatic heterocycles. The molecule has 1 aliphatic rings. The van der Waals surface area contributed by atoms with E-state index in [0.29, 0.717) is 12.5 Å². The predicted octanol–water partition coefficient (Wildman–Crippen LogP) is 6.22. The number of ether oxygens (including phenoxy) is 1. The summed E-state index contributed by atoms with van der Waals surface area (Å²) in [6, 6.07) is 26.5. The van der Waals surface area contributed by atoms with E-state index in [-0.39, 0.29) is 17.3 Å². The van der Waals surface area contributed by atoms with Crippen LogP contribution in [0.3, 0.4) is 0 Å². The Morgan fingerprint density at radius 2 is 1.47 bits per heavy atom.